The molecule has 3 fully saturated rings. The molecule has 2 heteroatoms. The van der Waals surface area contributed by atoms with E-state index in [-0.39, 0.29) is 11.1 Å². The number of nitrogens with two attached hydrogens (primary N) is 2. The molecule has 0 aliphatic heterocycles. The van der Waals surface area contributed by atoms with Gasteiger partial charge in [-0.1, -0.05) is 66.7 Å². The van der Waals surface area contributed by atoms with Gasteiger partial charge in [0.15, 0.2) is 0 Å². The molecule has 8 atom stereocenters. The van der Waals surface area contributed by atoms with Crippen LogP contribution in [0.1, 0.15) is 112 Å². The minimum Gasteiger partial charge on any atom is -0.325 e. The highest BCUT2D eigenvalue weighted by Crippen LogP contribution is 2.64. The highest BCUT2D eigenvalue weighted by molar-refractivity contribution is 5.18. The van der Waals surface area contributed by atoms with E-state index in [0.717, 1.165) is 17.8 Å². The highest BCUT2D eigenvalue weighted by atomic mass is 14.9. The monoisotopic (exact) mass is 376 g/mol. The molecule has 3 rings (SSSR count). The van der Waals surface area contributed by atoms with Gasteiger partial charge < -0.3 is 11.5 Å². The van der Waals surface area contributed by atoms with Crippen molar-refractivity contribution in [3.05, 3.63) is 0 Å². The molecule has 27 heavy (non-hydrogen) atoms. The molecule has 8 unspecified atom stereocenters. The summed E-state index contributed by atoms with van der Waals surface area (Å²) in [6, 6.07) is 0. The van der Waals surface area contributed by atoms with Crippen molar-refractivity contribution in [2.45, 2.75) is 123 Å². The first kappa shape index (κ1) is 21.6. The lowest BCUT2D eigenvalue weighted by Crippen LogP contribution is -2.72. The Morgan fingerprint density at radius 1 is 0.926 bits per heavy atom. The van der Waals surface area contributed by atoms with E-state index in [2.05, 4.69) is 34.6 Å². The predicted octanol–water partition coefficient (Wildman–Crippen LogP) is 6.27. The molecule has 3 saturated carbocycles. The van der Waals surface area contributed by atoms with Gasteiger partial charge in [-0.05, 0) is 80.0 Å². The van der Waals surface area contributed by atoms with Crippen LogP contribution in [0.5, 0.6) is 0 Å². The van der Waals surface area contributed by atoms with Gasteiger partial charge >= 0.3 is 0 Å². The second-order valence-corrected chi connectivity index (χ2v) is 11.1. The lowest BCUT2D eigenvalue weighted by Gasteiger charge is -2.67. The van der Waals surface area contributed by atoms with E-state index in [4.69, 9.17) is 11.5 Å². The zero-order valence-electron chi connectivity index (χ0n) is 19.0. The molecular formula is C25H48N2. The summed E-state index contributed by atoms with van der Waals surface area (Å²) < 4.78 is 0. The van der Waals surface area contributed by atoms with E-state index in [1.165, 1.54) is 77.0 Å². The molecule has 158 valence electrons. The molecule has 0 radical (unpaired) electrons. The standard InChI is InChI=1S/C25H48N2/c1-6-10-18(3)19(4)24(26)17-16-23(5)21(22(24)11-7-2)14-13-20-12-8-9-15-25(20,23)27/h18-22H,6-17,26-27H2,1-5H3. The average molecular weight is 377 g/mol. The molecule has 0 aromatic rings. The van der Waals surface area contributed by atoms with Crippen LogP contribution in [0.2, 0.25) is 0 Å². The van der Waals surface area contributed by atoms with Crippen molar-refractivity contribution in [3.63, 3.8) is 0 Å². The van der Waals surface area contributed by atoms with Crippen LogP contribution in [-0.2, 0) is 0 Å². The summed E-state index contributed by atoms with van der Waals surface area (Å²) in [7, 11) is 0. The molecule has 3 aliphatic carbocycles. The third-order valence-electron chi connectivity index (χ3n) is 10.1. The van der Waals surface area contributed by atoms with Gasteiger partial charge in [0.2, 0.25) is 0 Å². The summed E-state index contributed by atoms with van der Waals surface area (Å²) in [6.07, 6.45) is 15.7. The maximum atomic E-state index is 7.40. The number of hydrogen-bond acceptors (Lipinski definition) is 2. The van der Waals surface area contributed by atoms with Crippen molar-refractivity contribution in [1.29, 1.82) is 0 Å². The van der Waals surface area contributed by atoms with E-state index in [0.29, 0.717) is 17.3 Å². The SMILES string of the molecule is CCCC(C)C(C)C1(N)CCC2(C)C(CCC3CCCCC32N)C1CCC. The van der Waals surface area contributed by atoms with E-state index >= 15 is 0 Å². The van der Waals surface area contributed by atoms with Gasteiger partial charge in [0.1, 0.15) is 0 Å². The van der Waals surface area contributed by atoms with Crippen LogP contribution in [0, 0.1) is 35.0 Å². The van der Waals surface area contributed by atoms with Gasteiger partial charge in [-0.15, -0.1) is 0 Å². The van der Waals surface area contributed by atoms with Crippen molar-refractivity contribution >= 4 is 0 Å². The minimum absolute atomic E-state index is 0.00658. The third kappa shape index (κ3) is 3.31. The van der Waals surface area contributed by atoms with E-state index < -0.39 is 0 Å². The highest BCUT2D eigenvalue weighted by Gasteiger charge is 2.63. The zero-order valence-corrected chi connectivity index (χ0v) is 19.0. The van der Waals surface area contributed by atoms with Gasteiger partial charge in [0.25, 0.3) is 0 Å². The fourth-order valence-corrected chi connectivity index (χ4v) is 8.15. The molecule has 0 saturated heterocycles. The quantitative estimate of drug-likeness (QED) is 0.574. The fourth-order valence-electron chi connectivity index (χ4n) is 8.15. The molecule has 0 spiro atoms. The Balaban J connectivity index is 1.93. The van der Waals surface area contributed by atoms with Crippen LogP contribution in [0.3, 0.4) is 0 Å². The summed E-state index contributed by atoms with van der Waals surface area (Å²) in [6.45, 7) is 12.2. The van der Waals surface area contributed by atoms with Gasteiger partial charge in [0, 0.05) is 11.1 Å². The first-order chi connectivity index (χ1) is 12.7. The average Bonchev–Trinajstić information content (AvgIpc) is 2.65. The van der Waals surface area contributed by atoms with Crippen LogP contribution in [0.15, 0.2) is 0 Å². The summed E-state index contributed by atoms with van der Waals surface area (Å²) in [4.78, 5) is 0. The van der Waals surface area contributed by atoms with E-state index in [1.54, 1.807) is 0 Å². The second kappa shape index (κ2) is 7.98. The normalized spacial score (nSPS) is 47.0. The Bertz CT molecular complexity index is 505. The van der Waals surface area contributed by atoms with Gasteiger partial charge in [-0.25, -0.2) is 0 Å². The van der Waals surface area contributed by atoms with Crippen LogP contribution < -0.4 is 11.5 Å². The predicted molar refractivity (Wildman–Crippen MR) is 117 cm³/mol. The lowest BCUT2D eigenvalue weighted by molar-refractivity contribution is -0.135. The molecule has 4 N–H and O–H groups in total. The molecule has 0 amide bonds. The van der Waals surface area contributed by atoms with Gasteiger partial charge in [-0.2, -0.15) is 0 Å². The van der Waals surface area contributed by atoms with Crippen LogP contribution in [0.4, 0.5) is 0 Å². The lowest BCUT2D eigenvalue weighted by atomic mass is 9.40. The smallest absolute Gasteiger partial charge is 0.0240 e. The molecular weight excluding hydrogens is 328 g/mol. The second-order valence-electron chi connectivity index (χ2n) is 11.1. The molecule has 3 aliphatic rings. The number of hydrogen-bond donors (Lipinski definition) is 2. The van der Waals surface area contributed by atoms with Crippen LogP contribution in [-0.4, -0.2) is 11.1 Å². The maximum absolute atomic E-state index is 7.40. The van der Waals surface area contributed by atoms with Crippen LogP contribution in [0.25, 0.3) is 0 Å². The van der Waals surface area contributed by atoms with Crippen molar-refractivity contribution in [1.82, 2.24) is 0 Å². The molecule has 0 heterocycles. The molecule has 2 nitrogen and oxygen atoms in total. The Morgan fingerprint density at radius 3 is 2.33 bits per heavy atom. The Morgan fingerprint density at radius 2 is 1.67 bits per heavy atom. The van der Waals surface area contributed by atoms with Crippen molar-refractivity contribution in [2.24, 2.45) is 46.5 Å². The summed E-state index contributed by atoms with van der Waals surface area (Å²) in [5, 5.41) is 0. The minimum atomic E-state index is 0.00658. The Hall–Kier alpha value is -0.0800. The summed E-state index contributed by atoms with van der Waals surface area (Å²) >= 11 is 0. The first-order valence-electron chi connectivity index (χ1n) is 12.3. The third-order valence-corrected chi connectivity index (χ3v) is 10.1. The zero-order chi connectivity index (χ0) is 19.9. The van der Waals surface area contributed by atoms with Gasteiger partial charge in [-0.3, -0.25) is 0 Å². The first-order valence-corrected chi connectivity index (χ1v) is 12.3. The largest absolute Gasteiger partial charge is 0.325 e. The molecule has 0 bridgehead atoms. The number of fused-ring (bicyclic) bond motifs is 3. The van der Waals surface area contributed by atoms with Crippen LogP contribution >= 0.6 is 0 Å². The summed E-state index contributed by atoms with van der Waals surface area (Å²) in [5.41, 5.74) is 15.1. The van der Waals surface area contributed by atoms with E-state index in [1.807, 2.05) is 0 Å². The topological polar surface area (TPSA) is 52.0 Å². The molecule has 0 aromatic heterocycles. The van der Waals surface area contributed by atoms with Crippen molar-refractivity contribution < 1.29 is 0 Å². The van der Waals surface area contributed by atoms with Gasteiger partial charge in [0.05, 0.1) is 0 Å². The Labute approximate surface area is 169 Å². The Kier molecular flexibility index (Phi) is 6.39. The van der Waals surface area contributed by atoms with Crippen molar-refractivity contribution in [3.8, 4) is 0 Å². The molecule has 0 aromatic carbocycles. The maximum Gasteiger partial charge on any atom is 0.0240 e. The van der Waals surface area contributed by atoms with E-state index in [9.17, 15) is 0 Å². The van der Waals surface area contributed by atoms with Crippen molar-refractivity contribution in [2.75, 3.05) is 0 Å². The summed E-state index contributed by atoms with van der Waals surface area (Å²) in [5.74, 6) is 3.47. The number of rotatable bonds is 6. The fraction of sp³-hybridized carbons (Fsp3) is 1.00.